The topological polar surface area (TPSA) is 159 Å². The van der Waals surface area contributed by atoms with E-state index in [0.717, 1.165) is 5.56 Å². The molecule has 184 valence electrons. The maximum atomic E-state index is 11.8. The highest BCUT2D eigenvalue weighted by Crippen LogP contribution is 2.38. The summed E-state index contributed by atoms with van der Waals surface area (Å²) in [5, 5.41) is 27.8. The number of fused-ring (bicyclic) bond motifs is 1. The molecule has 0 atom stereocenters. The molecule has 0 aliphatic rings. The number of aliphatic hydroxyl groups is 1. The van der Waals surface area contributed by atoms with E-state index < -0.39 is 10.1 Å². The smallest absolute Gasteiger partial charge is 0.294 e. The van der Waals surface area contributed by atoms with Crippen molar-refractivity contribution in [3.8, 4) is 5.75 Å². The van der Waals surface area contributed by atoms with Gasteiger partial charge in [0.2, 0.25) is 0 Å². The highest BCUT2D eigenvalue weighted by atomic mass is 32.2. The van der Waals surface area contributed by atoms with Crippen molar-refractivity contribution in [1.82, 2.24) is 0 Å². The van der Waals surface area contributed by atoms with E-state index in [1.54, 1.807) is 18.2 Å². The Bertz CT molecular complexity index is 1620. The quantitative estimate of drug-likeness (QED) is 0.152. The van der Waals surface area contributed by atoms with Gasteiger partial charge in [0.25, 0.3) is 10.1 Å². The van der Waals surface area contributed by atoms with Crippen LogP contribution in [0.15, 0.2) is 92.1 Å². The summed E-state index contributed by atoms with van der Waals surface area (Å²) in [5.74, 6) is 0.367. The van der Waals surface area contributed by atoms with Crippen LogP contribution in [-0.4, -0.2) is 25.2 Å². The largest absolute Gasteiger partial charge is 0.495 e. The Hall–Kier alpha value is -4.19. The van der Waals surface area contributed by atoms with Crippen LogP contribution in [-0.2, 0) is 16.7 Å². The monoisotopic (exact) mass is 505 g/mol. The number of nitrogens with zero attached hydrogens (tertiary/aromatic N) is 4. The molecule has 4 N–H and O–H groups in total. The SMILES string of the molecule is COc1cc(N=Nc2ccc(N=Nc3ccccc3C)c3ccc(S(=O)(=O)O)cc23)c(CO)cc1N. The lowest BCUT2D eigenvalue weighted by atomic mass is 10.1. The molecule has 36 heavy (non-hydrogen) atoms. The van der Waals surface area contributed by atoms with E-state index >= 15 is 0 Å². The van der Waals surface area contributed by atoms with Gasteiger partial charge in [0.15, 0.2) is 0 Å². The van der Waals surface area contributed by atoms with Crippen LogP contribution in [0.2, 0.25) is 0 Å². The van der Waals surface area contributed by atoms with E-state index in [1.807, 2.05) is 31.2 Å². The fourth-order valence-corrected chi connectivity index (χ4v) is 4.06. The van der Waals surface area contributed by atoms with Crippen LogP contribution in [0.4, 0.5) is 28.4 Å². The Morgan fingerprint density at radius 3 is 2.11 bits per heavy atom. The summed E-state index contributed by atoms with van der Waals surface area (Å²) in [5.41, 5.74) is 9.42. The van der Waals surface area contributed by atoms with Gasteiger partial charge in [-0.05, 0) is 48.9 Å². The first-order chi connectivity index (χ1) is 17.2. The molecule has 0 aromatic heterocycles. The maximum Gasteiger partial charge on any atom is 0.294 e. The Labute approximate surface area is 207 Å². The fraction of sp³-hybridized carbons (Fsp3) is 0.120. The van der Waals surface area contributed by atoms with E-state index in [9.17, 15) is 18.1 Å². The lowest BCUT2D eigenvalue weighted by Gasteiger charge is -2.09. The molecule has 4 aromatic rings. The molecule has 0 fully saturated rings. The summed E-state index contributed by atoms with van der Waals surface area (Å²) < 4.78 is 38.4. The number of nitrogen functional groups attached to an aromatic ring is 1. The van der Waals surface area contributed by atoms with E-state index in [2.05, 4.69) is 20.5 Å². The molecule has 0 amide bonds. The normalized spacial score (nSPS) is 12.1. The standard InChI is InChI=1S/C25H23N5O5S/c1-15-5-3-4-6-21(15)27-28-22-9-10-23(19-12-17(36(32,33)34)7-8-18(19)22)29-30-24-13-25(35-2)20(26)11-16(24)14-31/h3-13,31H,14,26H2,1-2H3,(H,32,33,34). The second-order valence-electron chi connectivity index (χ2n) is 7.85. The third-order valence-corrected chi connectivity index (χ3v) is 6.34. The van der Waals surface area contributed by atoms with Crippen LogP contribution in [0.3, 0.4) is 0 Å². The van der Waals surface area contributed by atoms with Crippen LogP contribution in [0.5, 0.6) is 5.75 Å². The minimum atomic E-state index is -4.47. The average Bonchev–Trinajstić information content (AvgIpc) is 2.86. The Balaban J connectivity index is 1.85. The number of ether oxygens (including phenoxy) is 1. The second kappa shape index (κ2) is 10.2. The summed E-state index contributed by atoms with van der Waals surface area (Å²) in [6.07, 6.45) is 0. The Kier molecular flexibility index (Phi) is 7.06. The molecule has 0 bridgehead atoms. The lowest BCUT2D eigenvalue weighted by molar-refractivity contribution is 0.282. The van der Waals surface area contributed by atoms with Crippen LogP contribution in [0.1, 0.15) is 11.1 Å². The predicted octanol–water partition coefficient (Wildman–Crippen LogP) is 6.31. The van der Waals surface area contributed by atoms with E-state index in [1.165, 1.54) is 31.4 Å². The molecule has 10 nitrogen and oxygen atoms in total. The van der Waals surface area contributed by atoms with Gasteiger partial charge in [0.05, 0.1) is 47.0 Å². The number of azo groups is 2. The lowest BCUT2D eigenvalue weighted by Crippen LogP contribution is -1.97. The van der Waals surface area contributed by atoms with Gasteiger partial charge in [0.1, 0.15) is 5.75 Å². The third-order valence-electron chi connectivity index (χ3n) is 5.49. The zero-order valence-electron chi connectivity index (χ0n) is 19.5. The summed E-state index contributed by atoms with van der Waals surface area (Å²) in [6.45, 7) is 1.59. The number of anilines is 1. The highest BCUT2D eigenvalue weighted by Gasteiger charge is 2.14. The summed E-state index contributed by atoms with van der Waals surface area (Å²) in [4.78, 5) is -0.301. The fourth-order valence-electron chi connectivity index (χ4n) is 3.55. The Morgan fingerprint density at radius 2 is 1.47 bits per heavy atom. The van der Waals surface area contributed by atoms with E-state index in [4.69, 9.17) is 10.5 Å². The van der Waals surface area contributed by atoms with Crippen LogP contribution in [0, 0.1) is 6.92 Å². The number of benzene rings is 4. The summed E-state index contributed by atoms with van der Waals surface area (Å²) in [6, 6.07) is 18.0. The molecule has 4 rings (SSSR count). The van der Waals surface area contributed by atoms with Gasteiger partial charge in [-0.3, -0.25) is 4.55 Å². The number of methoxy groups -OCH3 is 1. The third kappa shape index (κ3) is 5.23. The van der Waals surface area contributed by atoms with Crippen molar-refractivity contribution in [1.29, 1.82) is 0 Å². The van der Waals surface area contributed by atoms with Gasteiger partial charge in [-0.1, -0.05) is 24.3 Å². The number of aliphatic hydroxyl groups excluding tert-OH is 1. The van der Waals surface area contributed by atoms with Gasteiger partial charge >= 0.3 is 0 Å². The van der Waals surface area contributed by atoms with E-state index in [0.29, 0.717) is 50.5 Å². The number of hydrogen-bond donors (Lipinski definition) is 3. The zero-order valence-corrected chi connectivity index (χ0v) is 20.3. The number of rotatable bonds is 7. The van der Waals surface area contributed by atoms with Crippen molar-refractivity contribution in [2.24, 2.45) is 20.5 Å². The first-order valence-corrected chi connectivity index (χ1v) is 12.2. The van der Waals surface area contributed by atoms with Crippen molar-refractivity contribution in [2.45, 2.75) is 18.4 Å². The number of nitrogens with two attached hydrogens (primary N) is 1. The van der Waals surface area contributed by atoms with Crippen molar-refractivity contribution in [2.75, 3.05) is 12.8 Å². The van der Waals surface area contributed by atoms with E-state index in [-0.39, 0.29) is 11.5 Å². The second-order valence-corrected chi connectivity index (χ2v) is 9.28. The van der Waals surface area contributed by atoms with Gasteiger partial charge in [-0.15, -0.1) is 10.2 Å². The van der Waals surface area contributed by atoms with Crippen molar-refractivity contribution in [3.05, 3.63) is 77.9 Å². The first-order valence-electron chi connectivity index (χ1n) is 10.7. The van der Waals surface area contributed by atoms with Gasteiger partial charge in [-0.2, -0.15) is 18.6 Å². The van der Waals surface area contributed by atoms with Crippen LogP contribution in [0.25, 0.3) is 10.8 Å². The summed E-state index contributed by atoms with van der Waals surface area (Å²) in [7, 11) is -3.01. The molecule has 0 aliphatic carbocycles. The number of hydrogen-bond acceptors (Lipinski definition) is 9. The van der Waals surface area contributed by atoms with Gasteiger partial charge < -0.3 is 15.6 Å². The molecule has 0 unspecified atom stereocenters. The minimum Gasteiger partial charge on any atom is -0.495 e. The van der Waals surface area contributed by atoms with Crippen molar-refractivity contribution < 1.29 is 22.8 Å². The zero-order chi connectivity index (χ0) is 25.9. The van der Waals surface area contributed by atoms with Crippen LogP contribution < -0.4 is 10.5 Å². The van der Waals surface area contributed by atoms with Crippen molar-refractivity contribution >= 4 is 49.3 Å². The molecule has 0 saturated heterocycles. The molecule has 4 aromatic carbocycles. The molecule has 11 heteroatoms. The molecular weight excluding hydrogens is 482 g/mol. The van der Waals surface area contributed by atoms with Crippen LogP contribution >= 0.6 is 0 Å². The molecule has 0 radical (unpaired) electrons. The molecule has 0 spiro atoms. The minimum absolute atomic E-state index is 0.301. The molecule has 0 aliphatic heterocycles. The van der Waals surface area contributed by atoms with Crippen molar-refractivity contribution in [3.63, 3.8) is 0 Å². The predicted molar refractivity (Wildman–Crippen MR) is 137 cm³/mol. The van der Waals surface area contributed by atoms with Gasteiger partial charge in [0, 0.05) is 22.4 Å². The number of aryl methyl sites for hydroxylation is 1. The average molecular weight is 506 g/mol. The Morgan fingerprint density at radius 1 is 0.833 bits per heavy atom. The molecule has 0 heterocycles. The maximum absolute atomic E-state index is 11.8. The van der Waals surface area contributed by atoms with Gasteiger partial charge in [-0.25, -0.2) is 0 Å². The summed E-state index contributed by atoms with van der Waals surface area (Å²) >= 11 is 0. The molecular formula is C25H23N5O5S. The molecule has 0 saturated carbocycles. The first kappa shape index (κ1) is 24.9. The highest BCUT2D eigenvalue weighted by molar-refractivity contribution is 7.85.